The monoisotopic (exact) mass is 582 g/mol. The Kier molecular flexibility index (Phi) is 8.57. The van der Waals surface area contributed by atoms with E-state index in [0.717, 1.165) is 38.7 Å². The molecule has 2 saturated carbocycles. The fraction of sp³-hybridized carbons (Fsp3) is 0.486. The van der Waals surface area contributed by atoms with Crippen molar-refractivity contribution in [3.8, 4) is 0 Å². The van der Waals surface area contributed by atoms with Gasteiger partial charge in [-0.1, -0.05) is 112 Å². The van der Waals surface area contributed by atoms with Crippen molar-refractivity contribution in [1.29, 1.82) is 0 Å². The van der Waals surface area contributed by atoms with Gasteiger partial charge in [0, 0.05) is 32.0 Å². The first-order valence-corrected chi connectivity index (χ1v) is 17.8. The number of Topliss-reactive ketones (excluding diaryl/α,β-unsaturated/α-hetero) is 1. The zero-order valence-electron chi connectivity index (χ0n) is 25.5. The Morgan fingerprint density at radius 3 is 2.07 bits per heavy atom. The Hall–Kier alpha value is -2.57. The Morgan fingerprint density at radius 2 is 1.50 bits per heavy atom. The summed E-state index contributed by atoms with van der Waals surface area (Å²) in [7, 11) is -2.73. The van der Waals surface area contributed by atoms with E-state index in [0.29, 0.717) is 25.2 Å². The Labute approximate surface area is 252 Å². The van der Waals surface area contributed by atoms with Crippen LogP contribution in [0.15, 0.2) is 91.0 Å². The molecular formula is C37H46O4Si. The van der Waals surface area contributed by atoms with E-state index >= 15 is 0 Å². The third-order valence-corrected chi connectivity index (χ3v) is 15.2. The van der Waals surface area contributed by atoms with Gasteiger partial charge in [-0.3, -0.25) is 4.79 Å². The highest BCUT2D eigenvalue weighted by atomic mass is 28.4. The van der Waals surface area contributed by atoms with Crippen LogP contribution in [0.2, 0.25) is 5.04 Å². The van der Waals surface area contributed by atoms with Crippen LogP contribution in [-0.4, -0.2) is 39.7 Å². The molecule has 1 unspecified atom stereocenters. The third kappa shape index (κ3) is 5.69. The molecule has 3 aromatic carbocycles. The van der Waals surface area contributed by atoms with Crippen LogP contribution in [0.5, 0.6) is 0 Å². The van der Waals surface area contributed by atoms with Gasteiger partial charge in [0.1, 0.15) is 5.78 Å². The molecule has 0 bridgehead atoms. The lowest BCUT2D eigenvalue weighted by molar-refractivity contribution is -0.198. The van der Waals surface area contributed by atoms with Crippen molar-refractivity contribution in [2.24, 2.45) is 17.3 Å². The molecule has 1 saturated heterocycles. The van der Waals surface area contributed by atoms with Gasteiger partial charge in [-0.05, 0) is 64.4 Å². The number of benzene rings is 3. The molecule has 222 valence electrons. The minimum Gasteiger partial charge on any atom is -0.407 e. The van der Waals surface area contributed by atoms with Gasteiger partial charge >= 0.3 is 0 Å². The number of ether oxygens (including phenoxy) is 2. The molecule has 3 fully saturated rings. The second-order valence-corrected chi connectivity index (χ2v) is 18.2. The number of fused-ring (bicyclic) bond motifs is 1. The normalized spacial score (nSPS) is 28.1. The van der Waals surface area contributed by atoms with E-state index in [1.54, 1.807) is 0 Å². The molecule has 3 aromatic rings. The summed E-state index contributed by atoms with van der Waals surface area (Å²) in [6.07, 6.45) is 6.06. The van der Waals surface area contributed by atoms with E-state index in [-0.39, 0.29) is 34.7 Å². The van der Waals surface area contributed by atoms with Crippen molar-refractivity contribution in [1.82, 2.24) is 0 Å². The van der Waals surface area contributed by atoms with Crippen molar-refractivity contribution in [2.75, 3.05) is 13.2 Å². The molecule has 1 heterocycles. The minimum atomic E-state index is -2.73. The molecule has 0 radical (unpaired) electrons. The highest BCUT2D eigenvalue weighted by Crippen LogP contribution is 2.58. The summed E-state index contributed by atoms with van der Waals surface area (Å²) in [5.74, 6) is 0.753. The molecular weight excluding hydrogens is 536 g/mol. The molecule has 0 spiro atoms. The predicted molar refractivity (Wildman–Crippen MR) is 170 cm³/mol. The Morgan fingerprint density at radius 1 is 0.881 bits per heavy atom. The molecule has 0 amide bonds. The molecule has 5 atom stereocenters. The van der Waals surface area contributed by atoms with Crippen LogP contribution >= 0.6 is 0 Å². The SMILES string of the molecule is CC(C)(C)[Si](OC[C@@H]1[C@H]2CC(=O)C[C@@]2(Cc2ccccc2)C[C@H]1OC1CCCCO1)(c1ccccc1)c1ccccc1. The first-order valence-electron chi connectivity index (χ1n) is 15.9. The van der Waals surface area contributed by atoms with Gasteiger partial charge in [0.25, 0.3) is 8.32 Å². The predicted octanol–water partition coefficient (Wildman–Crippen LogP) is 6.70. The van der Waals surface area contributed by atoms with Crippen LogP contribution in [0.25, 0.3) is 0 Å². The van der Waals surface area contributed by atoms with Gasteiger partial charge in [0.2, 0.25) is 0 Å². The maximum Gasteiger partial charge on any atom is 0.261 e. The highest BCUT2D eigenvalue weighted by molar-refractivity contribution is 6.99. The maximum atomic E-state index is 13.2. The average Bonchev–Trinajstić information content (AvgIpc) is 3.44. The van der Waals surface area contributed by atoms with Gasteiger partial charge in [0.15, 0.2) is 6.29 Å². The fourth-order valence-electron chi connectivity index (χ4n) is 8.33. The molecule has 0 N–H and O–H groups in total. The zero-order valence-corrected chi connectivity index (χ0v) is 26.5. The van der Waals surface area contributed by atoms with Crippen LogP contribution in [0.4, 0.5) is 0 Å². The number of carbonyl (C=O) groups excluding carboxylic acids is 1. The molecule has 6 rings (SSSR count). The van der Waals surface area contributed by atoms with E-state index in [1.165, 1.54) is 15.9 Å². The smallest absolute Gasteiger partial charge is 0.261 e. The van der Waals surface area contributed by atoms with E-state index < -0.39 is 8.32 Å². The van der Waals surface area contributed by atoms with E-state index in [1.807, 2.05) is 0 Å². The third-order valence-electron chi connectivity index (χ3n) is 10.2. The Balaban J connectivity index is 1.38. The maximum absolute atomic E-state index is 13.2. The summed E-state index contributed by atoms with van der Waals surface area (Å²) in [4.78, 5) is 13.2. The van der Waals surface area contributed by atoms with Crippen LogP contribution < -0.4 is 10.4 Å². The van der Waals surface area contributed by atoms with E-state index in [9.17, 15) is 4.79 Å². The average molecular weight is 583 g/mol. The molecule has 42 heavy (non-hydrogen) atoms. The van der Waals surface area contributed by atoms with E-state index in [2.05, 4.69) is 112 Å². The summed E-state index contributed by atoms with van der Waals surface area (Å²) in [5, 5.41) is 2.46. The standard InChI is InChI=1S/C37H46O4Si/c1-36(2,3)42(30-17-9-5-10-18-30,31-19-11-6-12-20-31)40-27-32-33-23-29(38)25-37(33,24-28-15-7-4-8-16-28)26-34(32)41-35-21-13-14-22-39-35/h4-12,15-20,32-35H,13-14,21-27H2,1-3H3/t32-,33-,34-,35?,37+/m1/s1. The van der Waals surface area contributed by atoms with Gasteiger partial charge in [-0.25, -0.2) is 0 Å². The molecule has 1 aliphatic heterocycles. The van der Waals surface area contributed by atoms with Gasteiger partial charge in [-0.2, -0.15) is 0 Å². The zero-order chi connectivity index (χ0) is 29.2. The minimum absolute atomic E-state index is 0.00753. The lowest BCUT2D eigenvalue weighted by Gasteiger charge is -2.44. The summed E-state index contributed by atoms with van der Waals surface area (Å²) < 4.78 is 20.5. The molecule has 0 aromatic heterocycles. The first-order chi connectivity index (χ1) is 20.3. The molecule has 2 aliphatic carbocycles. The molecule has 3 aliphatic rings. The van der Waals surface area contributed by atoms with Crippen LogP contribution in [0, 0.1) is 17.3 Å². The van der Waals surface area contributed by atoms with E-state index in [4.69, 9.17) is 13.9 Å². The quantitative estimate of drug-likeness (QED) is 0.263. The Bertz CT molecular complexity index is 1280. The van der Waals surface area contributed by atoms with Crippen LogP contribution in [0.1, 0.15) is 64.9 Å². The second kappa shape index (κ2) is 12.2. The fourth-order valence-corrected chi connectivity index (χ4v) is 12.9. The van der Waals surface area contributed by atoms with Gasteiger partial charge in [0.05, 0.1) is 6.10 Å². The van der Waals surface area contributed by atoms with Crippen LogP contribution in [-0.2, 0) is 25.1 Å². The number of rotatable bonds is 9. The number of carbonyl (C=O) groups is 1. The number of ketones is 1. The summed E-state index contributed by atoms with van der Waals surface area (Å²) in [5.41, 5.74) is 1.20. The summed E-state index contributed by atoms with van der Waals surface area (Å²) >= 11 is 0. The van der Waals surface area contributed by atoms with Gasteiger partial charge < -0.3 is 13.9 Å². The molecule has 4 nitrogen and oxygen atoms in total. The highest BCUT2D eigenvalue weighted by Gasteiger charge is 2.60. The van der Waals surface area contributed by atoms with Crippen molar-refractivity contribution >= 4 is 24.5 Å². The number of hydrogen-bond donors (Lipinski definition) is 0. The van der Waals surface area contributed by atoms with Crippen molar-refractivity contribution in [2.45, 2.75) is 83.1 Å². The second-order valence-electron chi connectivity index (χ2n) is 13.9. The lowest BCUT2D eigenvalue weighted by Crippen LogP contribution is -2.67. The van der Waals surface area contributed by atoms with Crippen molar-refractivity contribution in [3.05, 3.63) is 96.6 Å². The topological polar surface area (TPSA) is 44.8 Å². The van der Waals surface area contributed by atoms with Crippen molar-refractivity contribution in [3.63, 3.8) is 0 Å². The largest absolute Gasteiger partial charge is 0.407 e. The molecule has 5 heteroatoms. The first kappa shape index (κ1) is 29.5. The lowest BCUT2D eigenvalue weighted by atomic mass is 9.74. The number of hydrogen-bond acceptors (Lipinski definition) is 4. The van der Waals surface area contributed by atoms with Gasteiger partial charge in [-0.15, -0.1) is 0 Å². The van der Waals surface area contributed by atoms with Crippen molar-refractivity contribution < 1.29 is 18.7 Å². The van der Waals surface area contributed by atoms with Crippen LogP contribution in [0.3, 0.4) is 0 Å². The summed E-state index contributed by atoms with van der Waals surface area (Å²) in [6.45, 7) is 8.33. The summed E-state index contributed by atoms with van der Waals surface area (Å²) in [6, 6.07) is 32.4.